The van der Waals surface area contributed by atoms with Gasteiger partial charge in [0.1, 0.15) is 0 Å². The van der Waals surface area contributed by atoms with Crippen molar-refractivity contribution in [3.05, 3.63) is 12.2 Å². The van der Waals surface area contributed by atoms with Crippen molar-refractivity contribution in [3.8, 4) is 0 Å². The number of rotatable bonds is 25. The van der Waals surface area contributed by atoms with Crippen molar-refractivity contribution in [3.63, 3.8) is 0 Å². The van der Waals surface area contributed by atoms with Gasteiger partial charge in [0.2, 0.25) is 0 Å². The van der Waals surface area contributed by atoms with Crippen molar-refractivity contribution in [2.75, 3.05) is 13.6 Å². The van der Waals surface area contributed by atoms with Crippen LogP contribution in [0.3, 0.4) is 0 Å². The molecule has 1 atom stereocenters. The normalized spacial score (nSPS) is 12.9. The Morgan fingerprint density at radius 2 is 0.839 bits per heavy atom. The lowest BCUT2D eigenvalue weighted by molar-refractivity contribution is 0.219. The van der Waals surface area contributed by atoms with Crippen LogP contribution in [0.5, 0.6) is 0 Å². The van der Waals surface area contributed by atoms with Crippen LogP contribution in [0.25, 0.3) is 0 Å². The Labute approximate surface area is 198 Å². The molecule has 0 radical (unpaired) electrons. The molecule has 1 heteroatoms. The van der Waals surface area contributed by atoms with E-state index < -0.39 is 0 Å². The first kappa shape index (κ1) is 30.7. The van der Waals surface area contributed by atoms with Gasteiger partial charge < -0.3 is 4.90 Å². The molecule has 0 aromatic heterocycles. The zero-order chi connectivity index (χ0) is 22.8. The highest BCUT2D eigenvalue weighted by molar-refractivity contribution is 4.81. The molecule has 0 aliphatic rings. The molecular weight excluding hydrogens is 374 g/mol. The summed E-state index contributed by atoms with van der Waals surface area (Å²) < 4.78 is 0. The van der Waals surface area contributed by atoms with Gasteiger partial charge in [0.15, 0.2) is 0 Å². The summed E-state index contributed by atoms with van der Waals surface area (Å²) in [6.07, 6.45) is 36.0. The maximum Gasteiger partial charge on any atom is 0.00920 e. The lowest BCUT2D eigenvalue weighted by Gasteiger charge is -2.27. The Morgan fingerprint density at radius 3 is 1.23 bits per heavy atom. The minimum Gasteiger partial charge on any atom is -0.304 e. The van der Waals surface area contributed by atoms with Crippen molar-refractivity contribution in [1.29, 1.82) is 0 Å². The fourth-order valence-electron chi connectivity index (χ4n) is 4.63. The molecule has 0 fully saturated rings. The molecule has 186 valence electrons. The van der Waals surface area contributed by atoms with E-state index in [1.807, 2.05) is 0 Å². The zero-order valence-electron chi connectivity index (χ0n) is 22.4. The second-order valence-corrected chi connectivity index (χ2v) is 10.0. The van der Waals surface area contributed by atoms with Gasteiger partial charge in [0, 0.05) is 6.04 Å². The van der Waals surface area contributed by atoms with Crippen LogP contribution in [0.1, 0.15) is 162 Å². The molecule has 1 unspecified atom stereocenters. The summed E-state index contributed by atoms with van der Waals surface area (Å²) in [6, 6.07) is 0.825. The van der Waals surface area contributed by atoms with Crippen molar-refractivity contribution in [2.24, 2.45) is 0 Å². The average Bonchev–Trinajstić information content (AvgIpc) is 2.79. The lowest BCUT2D eigenvalue weighted by atomic mass is 9.99. The Hall–Kier alpha value is -0.300. The molecule has 0 aromatic carbocycles. The van der Waals surface area contributed by atoms with Crippen molar-refractivity contribution < 1.29 is 0 Å². The van der Waals surface area contributed by atoms with Gasteiger partial charge in [-0.25, -0.2) is 0 Å². The van der Waals surface area contributed by atoms with Crippen LogP contribution in [0.4, 0.5) is 0 Å². The van der Waals surface area contributed by atoms with Gasteiger partial charge in [-0.15, -0.1) is 0 Å². The van der Waals surface area contributed by atoms with Crippen molar-refractivity contribution in [2.45, 2.75) is 168 Å². The predicted molar refractivity (Wildman–Crippen MR) is 144 cm³/mol. The summed E-state index contributed by atoms with van der Waals surface area (Å²) in [5.41, 5.74) is 0. The van der Waals surface area contributed by atoms with E-state index in [9.17, 15) is 0 Å². The third-order valence-corrected chi connectivity index (χ3v) is 7.06. The first-order chi connectivity index (χ1) is 15.3. The Balaban J connectivity index is 3.56. The second-order valence-electron chi connectivity index (χ2n) is 10.0. The van der Waals surface area contributed by atoms with E-state index in [0.717, 1.165) is 6.04 Å². The topological polar surface area (TPSA) is 3.24 Å². The summed E-state index contributed by atoms with van der Waals surface area (Å²) >= 11 is 0. The average molecular weight is 436 g/mol. The largest absolute Gasteiger partial charge is 0.304 e. The number of unbranched alkanes of at least 4 members (excludes halogenated alkanes) is 17. The fourth-order valence-corrected chi connectivity index (χ4v) is 4.63. The summed E-state index contributed by atoms with van der Waals surface area (Å²) in [6.45, 7) is 8.12. The molecule has 0 bridgehead atoms. The van der Waals surface area contributed by atoms with E-state index in [4.69, 9.17) is 0 Å². The molecule has 31 heavy (non-hydrogen) atoms. The standard InChI is InChI=1S/C30H61N/c1-5-8-10-12-14-15-16-17-18-19-20-21-23-25-27-29-30(31(4)7-3)28-26-24-22-13-11-9-6-2/h17-18,30H,5-16,19-29H2,1-4H3/b18-17-. The Bertz CT molecular complexity index is 348. The van der Waals surface area contributed by atoms with Gasteiger partial charge >= 0.3 is 0 Å². The highest BCUT2D eigenvalue weighted by atomic mass is 15.1. The third-order valence-electron chi connectivity index (χ3n) is 7.06. The maximum absolute atomic E-state index is 2.60. The van der Waals surface area contributed by atoms with E-state index >= 15 is 0 Å². The minimum absolute atomic E-state index is 0.825. The SMILES string of the molecule is CCCCCCCC/C=C\CCCCCCCC(CCCCCCCCC)N(C)CC. The van der Waals surface area contributed by atoms with E-state index in [1.165, 1.54) is 148 Å². The molecule has 0 saturated heterocycles. The quantitative estimate of drug-likeness (QED) is 0.102. The number of hydrogen-bond donors (Lipinski definition) is 0. The van der Waals surface area contributed by atoms with Crippen LogP contribution in [-0.4, -0.2) is 24.5 Å². The van der Waals surface area contributed by atoms with Gasteiger partial charge in [-0.3, -0.25) is 0 Å². The molecule has 1 nitrogen and oxygen atoms in total. The first-order valence-electron chi connectivity index (χ1n) is 14.6. The molecule has 0 aliphatic heterocycles. The maximum atomic E-state index is 2.60. The molecule has 0 saturated carbocycles. The van der Waals surface area contributed by atoms with Gasteiger partial charge in [0.05, 0.1) is 0 Å². The van der Waals surface area contributed by atoms with Gasteiger partial charge in [-0.2, -0.15) is 0 Å². The van der Waals surface area contributed by atoms with Crippen molar-refractivity contribution in [1.82, 2.24) is 4.90 Å². The minimum atomic E-state index is 0.825. The van der Waals surface area contributed by atoms with Gasteiger partial charge in [-0.05, 0) is 52.1 Å². The molecule has 0 N–H and O–H groups in total. The molecule has 0 amide bonds. The number of hydrogen-bond acceptors (Lipinski definition) is 1. The number of allylic oxidation sites excluding steroid dienone is 2. The monoisotopic (exact) mass is 435 g/mol. The van der Waals surface area contributed by atoms with Crippen molar-refractivity contribution >= 4 is 0 Å². The smallest absolute Gasteiger partial charge is 0.00920 e. The van der Waals surface area contributed by atoms with Crippen LogP contribution in [0.15, 0.2) is 12.2 Å². The Kier molecular flexibility index (Phi) is 25.7. The lowest BCUT2D eigenvalue weighted by Crippen LogP contribution is -2.31. The molecule has 0 aliphatic carbocycles. The molecular formula is C30H61N. The number of nitrogens with zero attached hydrogens (tertiary/aromatic N) is 1. The molecule has 0 heterocycles. The molecule has 0 rings (SSSR count). The van der Waals surface area contributed by atoms with Crippen LogP contribution >= 0.6 is 0 Å². The highest BCUT2D eigenvalue weighted by Gasteiger charge is 2.12. The molecule has 0 spiro atoms. The van der Waals surface area contributed by atoms with Gasteiger partial charge in [-0.1, -0.05) is 136 Å². The highest BCUT2D eigenvalue weighted by Crippen LogP contribution is 2.18. The summed E-state index contributed by atoms with van der Waals surface area (Å²) in [4.78, 5) is 2.60. The van der Waals surface area contributed by atoms with Crippen LogP contribution in [0, 0.1) is 0 Å². The van der Waals surface area contributed by atoms with E-state index in [-0.39, 0.29) is 0 Å². The van der Waals surface area contributed by atoms with Gasteiger partial charge in [0.25, 0.3) is 0 Å². The summed E-state index contributed by atoms with van der Waals surface area (Å²) in [7, 11) is 2.34. The van der Waals surface area contributed by atoms with E-state index in [0.29, 0.717) is 0 Å². The first-order valence-corrected chi connectivity index (χ1v) is 14.6. The van der Waals surface area contributed by atoms with E-state index in [1.54, 1.807) is 0 Å². The van der Waals surface area contributed by atoms with Crippen LogP contribution < -0.4 is 0 Å². The Morgan fingerprint density at radius 1 is 0.484 bits per heavy atom. The van der Waals surface area contributed by atoms with Crippen LogP contribution in [-0.2, 0) is 0 Å². The third kappa shape index (κ3) is 22.7. The molecule has 0 aromatic rings. The zero-order valence-corrected chi connectivity index (χ0v) is 22.4. The second kappa shape index (κ2) is 26.0. The van der Waals surface area contributed by atoms with E-state index in [2.05, 4.69) is 44.9 Å². The fraction of sp³-hybridized carbons (Fsp3) is 0.933. The van der Waals surface area contributed by atoms with Crippen LogP contribution in [0.2, 0.25) is 0 Å². The summed E-state index contributed by atoms with van der Waals surface area (Å²) in [5, 5.41) is 0. The summed E-state index contributed by atoms with van der Waals surface area (Å²) in [5.74, 6) is 0. The predicted octanol–water partition coefficient (Wildman–Crippen LogP) is 10.5.